The average Bonchev–Trinajstić information content (AvgIpc) is 3.17. The number of ether oxygens (including phenoxy) is 2. The van der Waals surface area contributed by atoms with Crippen LogP contribution >= 0.6 is 11.6 Å². The standard InChI is InChI=1S/C24H22ClN3O4/c1-14-3-5-17(10-21(14)32-18-7-8-27-20(11-18)24(30)26-2)28-23(29)12-22-19-6-4-16(25)9-15(19)13-31-22/h3-11,22H,12-13H2,1-2H3,(H,26,30)(H,28,29). The third kappa shape index (κ3) is 4.90. The molecule has 0 bridgehead atoms. The Morgan fingerprint density at radius 2 is 2.03 bits per heavy atom. The lowest BCUT2D eigenvalue weighted by atomic mass is 10.0. The first-order chi connectivity index (χ1) is 15.4. The van der Waals surface area contributed by atoms with Crippen LogP contribution < -0.4 is 15.4 Å². The van der Waals surface area contributed by atoms with Gasteiger partial charge in [-0.3, -0.25) is 14.6 Å². The highest BCUT2D eigenvalue weighted by atomic mass is 35.5. The summed E-state index contributed by atoms with van der Waals surface area (Å²) in [5.74, 6) is 0.568. The van der Waals surface area contributed by atoms with Gasteiger partial charge in [-0.25, -0.2) is 0 Å². The Bertz CT molecular complexity index is 1180. The molecule has 1 aliphatic rings. The number of aryl methyl sites for hydroxylation is 1. The molecule has 3 aromatic rings. The van der Waals surface area contributed by atoms with Gasteiger partial charge >= 0.3 is 0 Å². The van der Waals surface area contributed by atoms with Gasteiger partial charge in [0.1, 0.15) is 17.2 Å². The summed E-state index contributed by atoms with van der Waals surface area (Å²) in [4.78, 5) is 28.5. The van der Waals surface area contributed by atoms with Crippen molar-refractivity contribution in [2.75, 3.05) is 12.4 Å². The quantitative estimate of drug-likeness (QED) is 0.562. The summed E-state index contributed by atoms with van der Waals surface area (Å²) < 4.78 is 11.7. The molecule has 0 radical (unpaired) electrons. The Morgan fingerprint density at radius 3 is 2.84 bits per heavy atom. The van der Waals surface area contributed by atoms with Crippen molar-refractivity contribution in [3.8, 4) is 11.5 Å². The minimum absolute atomic E-state index is 0.168. The summed E-state index contributed by atoms with van der Waals surface area (Å²) in [6, 6.07) is 14.2. The van der Waals surface area contributed by atoms with Gasteiger partial charge in [-0.1, -0.05) is 23.7 Å². The molecule has 0 aliphatic carbocycles. The first-order valence-electron chi connectivity index (χ1n) is 10.1. The second kappa shape index (κ2) is 9.38. The van der Waals surface area contributed by atoms with Crippen LogP contribution in [0.2, 0.25) is 5.02 Å². The monoisotopic (exact) mass is 451 g/mol. The fraction of sp³-hybridized carbons (Fsp3) is 0.208. The van der Waals surface area contributed by atoms with E-state index in [1.165, 1.54) is 13.2 Å². The smallest absolute Gasteiger partial charge is 0.269 e. The molecule has 2 aromatic carbocycles. The number of nitrogens with zero attached hydrogens (tertiary/aromatic N) is 1. The number of pyridine rings is 1. The highest BCUT2D eigenvalue weighted by molar-refractivity contribution is 6.30. The fourth-order valence-electron chi connectivity index (χ4n) is 3.48. The minimum Gasteiger partial charge on any atom is -0.457 e. The van der Waals surface area contributed by atoms with E-state index in [1.807, 2.05) is 31.2 Å². The lowest BCUT2D eigenvalue weighted by Crippen LogP contribution is -2.19. The van der Waals surface area contributed by atoms with Crippen LogP contribution in [-0.2, 0) is 16.1 Å². The van der Waals surface area contributed by atoms with E-state index < -0.39 is 0 Å². The number of aromatic nitrogens is 1. The van der Waals surface area contributed by atoms with Crippen molar-refractivity contribution in [2.24, 2.45) is 0 Å². The van der Waals surface area contributed by atoms with Crippen LogP contribution in [0, 0.1) is 6.92 Å². The Kier molecular flexibility index (Phi) is 6.39. The Hall–Kier alpha value is -3.42. The summed E-state index contributed by atoms with van der Waals surface area (Å²) in [6.45, 7) is 2.34. The number of fused-ring (bicyclic) bond motifs is 1. The summed E-state index contributed by atoms with van der Waals surface area (Å²) in [6.07, 6.45) is 1.40. The van der Waals surface area contributed by atoms with Gasteiger partial charge < -0.3 is 20.1 Å². The van der Waals surface area contributed by atoms with E-state index in [0.717, 1.165) is 16.7 Å². The molecule has 0 saturated heterocycles. The molecule has 2 heterocycles. The number of halogens is 1. The average molecular weight is 452 g/mol. The number of carbonyl (C=O) groups is 2. The second-order valence-corrected chi connectivity index (χ2v) is 7.87. The van der Waals surface area contributed by atoms with Crippen molar-refractivity contribution >= 4 is 29.1 Å². The van der Waals surface area contributed by atoms with Crippen LogP contribution in [-0.4, -0.2) is 23.8 Å². The van der Waals surface area contributed by atoms with E-state index in [4.69, 9.17) is 21.1 Å². The molecule has 0 fully saturated rings. The number of carbonyl (C=O) groups excluding carboxylic acids is 2. The van der Waals surface area contributed by atoms with E-state index >= 15 is 0 Å². The van der Waals surface area contributed by atoms with Gasteiger partial charge in [-0.2, -0.15) is 0 Å². The van der Waals surface area contributed by atoms with E-state index in [2.05, 4.69) is 15.6 Å². The Balaban J connectivity index is 1.44. The van der Waals surface area contributed by atoms with Gasteiger partial charge in [0.2, 0.25) is 5.91 Å². The van der Waals surface area contributed by atoms with Crippen molar-refractivity contribution in [1.82, 2.24) is 10.3 Å². The zero-order valence-corrected chi connectivity index (χ0v) is 18.4. The van der Waals surface area contributed by atoms with Crippen molar-refractivity contribution in [1.29, 1.82) is 0 Å². The number of hydrogen-bond donors (Lipinski definition) is 2. The lowest BCUT2D eigenvalue weighted by Gasteiger charge is -2.14. The van der Waals surface area contributed by atoms with Gasteiger partial charge in [0.05, 0.1) is 19.1 Å². The van der Waals surface area contributed by atoms with Crippen molar-refractivity contribution in [2.45, 2.75) is 26.1 Å². The summed E-state index contributed by atoms with van der Waals surface area (Å²) in [5.41, 5.74) is 3.74. The SMILES string of the molecule is CNC(=O)c1cc(Oc2cc(NC(=O)CC3OCc4cc(Cl)ccc43)ccc2C)ccn1. The molecule has 1 aliphatic heterocycles. The zero-order chi connectivity index (χ0) is 22.7. The minimum atomic E-state index is -0.302. The Morgan fingerprint density at radius 1 is 1.19 bits per heavy atom. The molecule has 0 saturated carbocycles. The highest BCUT2D eigenvalue weighted by Crippen LogP contribution is 2.35. The largest absolute Gasteiger partial charge is 0.457 e. The predicted molar refractivity (Wildman–Crippen MR) is 121 cm³/mol. The number of nitrogens with one attached hydrogen (secondary N) is 2. The zero-order valence-electron chi connectivity index (χ0n) is 17.6. The third-order valence-electron chi connectivity index (χ3n) is 5.15. The number of anilines is 1. The maximum atomic E-state index is 12.6. The second-order valence-electron chi connectivity index (χ2n) is 7.43. The molecular weight excluding hydrogens is 430 g/mol. The maximum absolute atomic E-state index is 12.6. The number of hydrogen-bond acceptors (Lipinski definition) is 5. The van der Waals surface area contributed by atoms with E-state index in [9.17, 15) is 9.59 Å². The summed E-state index contributed by atoms with van der Waals surface area (Å²) in [5, 5.41) is 6.09. The van der Waals surface area contributed by atoms with Crippen LogP contribution in [0.1, 0.15) is 39.7 Å². The van der Waals surface area contributed by atoms with Gasteiger partial charge in [0.25, 0.3) is 5.91 Å². The molecule has 4 rings (SSSR count). The third-order valence-corrected chi connectivity index (χ3v) is 5.39. The number of amides is 2. The lowest BCUT2D eigenvalue weighted by molar-refractivity contribution is -0.118. The normalized spacial score (nSPS) is 14.5. The van der Waals surface area contributed by atoms with Crippen molar-refractivity contribution < 1.29 is 19.1 Å². The molecular formula is C24H22ClN3O4. The molecule has 7 nitrogen and oxygen atoms in total. The summed E-state index contributed by atoms with van der Waals surface area (Å²) in [7, 11) is 1.54. The molecule has 1 aromatic heterocycles. The molecule has 32 heavy (non-hydrogen) atoms. The van der Waals surface area contributed by atoms with E-state index in [1.54, 1.807) is 24.3 Å². The fourth-order valence-corrected chi connectivity index (χ4v) is 3.68. The van der Waals surface area contributed by atoms with Gasteiger partial charge in [-0.15, -0.1) is 0 Å². The summed E-state index contributed by atoms with van der Waals surface area (Å²) >= 11 is 6.03. The number of benzene rings is 2. The molecule has 1 unspecified atom stereocenters. The van der Waals surface area contributed by atoms with Crippen LogP contribution in [0.4, 0.5) is 5.69 Å². The first kappa shape index (κ1) is 21.8. The maximum Gasteiger partial charge on any atom is 0.269 e. The van der Waals surface area contributed by atoms with Gasteiger partial charge in [0, 0.05) is 36.1 Å². The van der Waals surface area contributed by atoms with E-state index in [-0.39, 0.29) is 30.0 Å². The van der Waals surface area contributed by atoms with Crippen LogP contribution in [0.15, 0.2) is 54.7 Å². The van der Waals surface area contributed by atoms with E-state index in [0.29, 0.717) is 28.8 Å². The predicted octanol–water partition coefficient (Wildman–Crippen LogP) is 4.80. The molecule has 2 N–H and O–H groups in total. The van der Waals surface area contributed by atoms with Gasteiger partial charge in [-0.05, 0) is 47.9 Å². The molecule has 164 valence electrons. The van der Waals surface area contributed by atoms with Crippen molar-refractivity contribution in [3.05, 3.63) is 82.1 Å². The van der Waals surface area contributed by atoms with Crippen molar-refractivity contribution in [3.63, 3.8) is 0 Å². The van der Waals surface area contributed by atoms with Gasteiger partial charge in [0.15, 0.2) is 0 Å². The molecule has 8 heteroatoms. The molecule has 2 amide bonds. The molecule has 0 spiro atoms. The number of rotatable bonds is 6. The van der Waals surface area contributed by atoms with Crippen LogP contribution in [0.3, 0.4) is 0 Å². The van der Waals surface area contributed by atoms with Crippen LogP contribution in [0.5, 0.6) is 11.5 Å². The Labute approximate surface area is 190 Å². The van der Waals surface area contributed by atoms with Crippen LogP contribution in [0.25, 0.3) is 0 Å². The molecule has 1 atom stereocenters. The first-order valence-corrected chi connectivity index (χ1v) is 10.5. The topological polar surface area (TPSA) is 89.6 Å². The highest BCUT2D eigenvalue weighted by Gasteiger charge is 2.25.